The molecule has 0 aliphatic carbocycles. The number of thioether (sulfide) groups is 1. The van der Waals surface area contributed by atoms with E-state index in [1.165, 1.54) is 11.8 Å². The third kappa shape index (κ3) is 2.92. The van der Waals surface area contributed by atoms with Crippen LogP contribution in [0.4, 0.5) is 0 Å². The molecule has 0 aromatic heterocycles. The Morgan fingerprint density at radius 1 is 1.90 bits per heavy atom. The molecule has 56 valence electrons. The molecule has 0 radical (unpaired) electrons. The largest absolute Gasteiger partial charge is 0.463 e. The number of hydrogen-bond acceptors (Lipinski definition) is 3. The molecule has 0 aromatic carbocycles. The van der Waals surface area contributed by atoms with Crippen molar-refractivity contribution in [3.8, 4) is 0 Å². The average Bonchev–Trinajstić information content (AvgIpc) is 2.71. The van der Waals surface area contributed by atoms with Crippen LogP contribution in [-0.4, -0.2) is 23.6 Å². The van der Waals surface area contributed by atoms with Crippen LogP contribution < -0.4 is 0 Å². The minimum absolute atomic E-state index is 0.314. The number of rotatable bonds is 4. The van der Waals surface area contributed by atoms with Crippen LogP contribution >= 0.6 is 11.8 Å². The van der Waals surface area contributed by atoms with E-state index >= 15 is 0 Å². The molecule has 1 unspecified atom stereocenters. The molecule has 3 heteroatoms. The van der Waals surface area contributed by atoms with Crippen molar-refractivity contribution < 1.29 is 9.53 Å². The second-order valence-corrected chi connectivity index (χ2v) is 3.45. The van der Waals surface area contributed by atoms with Gasteiger partial charge in [-0.3, -0.25) is 0 Å². The van der Waals surface area contributed by atoms with Gasteiger partial charge >= 0.3 is 5.97 Å². The van der Waals surface area contributed by atoms with E-state index in [9.17, 15) is 4.79 Å². The molecule has 0 spiro atoms. The van der Waals surface area contributed by atoms with Gasteiger partial charge in [0, 0.05) is 17.1 Å². The maximum absolute atomic E-state index is 10.5. The molecule has 0 aromatic rings. The van der Waals surface area contributed by atoms with Crippen molar-refractivity contribution in [3.63, 3.8) is 0 Å². The first-order valence-electron chi connectivity index (χ1n) is 3.23. The van der Waals surface area contributed by atoms with Crippen LogP contribution in [0.5, 0.6) is 0 Å². The molecule has 10 heavy (non-hydrogen) atoms. The molecule has 0 amide bonds. The smallest absolute Gasteiger partial charge is 0.330 e. The van der Waals surface area contributed by atoms with Crippen molar-refractivity contribution >= 4 is 17.7 Å². The molecule has 2 nitrogen and oxygen atoms in total. The summed E-state index contributed by atoms with van der Waals surface area (Å²) in [7, 11) is 0. The van der Waals surface area contributed by atoms with Gasteiger partial charge in [-0.2, -0.15) is 11.8 Å². The van der Waals surface area contributed by atoms with E-state index < -0.39 is 0 Å². The highest BCUT2D eigenvalue weighted by molar-refractivity contribution is 8.06. The maximum Gasteiger partial charge on any atom is 0.330 e. The van der Waals surface area contributed by atoms with Gasteiger partial charge in [0.05, 0.1) is 6.61 Å². The van der Waals surface area contributed by atoms with Gasteiger partial charge in [-0.1, -0.05) is 6.58 Å². The first-order valence-corrected chi connectivity index (χ1v) is 4.28. The molecule has 1 fully saturated rings. The first-order chi connectivity index (χ1) is 4.83. The molecule has 0 saturated carbocycles. The van der Waals surface area contributed by atoms with Crippen molar-refractivity contribution in [2.24, 2.45) is 0 Å². The van der Waals surface area contributed by atoms with E-state index in [0.29, 0.717) is 6.61 Å². The summed E-state index contributed by atoms with van der Waals surface area (Å²) in [5.74, 6) is 0.914. The zero-order chi connectivity index (χ0) is 7.40. The van der Waals surface area contributed by atoms with Crippen molar-refractivity contribution in [2.75, 3.05) is 12.4 Å². The Labute approximate surface area is 64.6 Å². The van der Waals surface area contributed by atoms with Gasteiger partial charge in [0.25, 0.3) is 0 Å². The average molecular weight is 158 g/mol. The normalized spacial score (nSPS) is 21.8. The zero-order valence-electron chi connectivity index (χ0n) is 5.71. The Morgan fingerprint density at radius 2 is 2.60 bits per heavy atom. The lowest BCUT2D eigenvalue weighted by Crippen LogP contribution is -2.03. The van der Waals surface area contributed by atoms with Crippen LogP contribution in [0.25, 0.3) is 0 Å². The molecule has 1 saturated heterocycles. The SMILES string of the molecule is C=CC(=O)OCCC1CS1. The van der Waals surface area contributed by atoms with Gasteiger partial charge in [-0.25, -0.2) is 4.79 Å². The lowest BCUT2D eigenvalue weighted by atomic mass is 10.4. The second-order valence-electron chi connectivity index (χ2n) is 2.12. The molecule has 1 rings (SSSR count). The van der Waals surface area contributed by atoms with Gasteiger partial charge in [-0.15, -0.1) is 0 Å². The van der Waals surface area contributed by atoms with Crippen molar-refractivity contribution in [1.82, 2.24) is 0 Å². The molecule has 1 atom stereocenters. The number of carbonyl (C=O) groups is 1. The number of ether oxygens (including phenoxy) is 1. The van der Waals surface area contributed by atoms with Gasteiger partial charge in [0.15, 0.2) is 0 Å². The fourth-order valence-corrected chi connectivity index (χ4v) is 1.15. The summed E-state index contributed by atoms with van der Waals surface area (Å²) in [6, 6.07) is 0. The van der Waals surface area contributed by atoms with Crippen LogP contribution in [0.1, 0.15) is 6.42 Å². The lowest BCUT2D eigenvalue weighted by molar-refractivity contribution is -0.137. The fraction of sp³-hybridized carbons (Fsp3) is 0.571. The van der Waals surface area contributed by atoms with Gasteiger partial charge in [0.2, 0.25) is 0 Å². The minimum atomic E-state index is -0.314. The lowest BCUT2D eigenvalue weighted by Gasteiger charge is -1.97. The van der Waals surface area contributed by atoms with Gasteiger partial charge in [-0.05, 0) is 6.42 Å². The molecule has 1 aliphatic rings. The second kappa shape index (κ2) is 3.66. The van der Waals surface area contributed by atoms with E-state index in [2.05, 4.69) is 6.58 Å². The van der Waals surface area contributed by atoms with Crippen LogP contribution in [0.15, 0.2) is 12.7 Å². The van der Waals surface area contributed by atoms with Crippen LogP contribution in [-0.2, 0) is 9.53 Å². The molecule has 1 heterocycles. The number of carbonyl (C=O) groups excluding carboxylic acids is 1. The Balaban J connectivity index is 1.93. The summed E-state index contributed by atoms with van der Waals surface area (Å²) < 4.78 is 4.77. The van der Waals surface area contributed by atoms with E-state index in [1.807, 2.05) is 11.8 Å². The Hall–Kier alpha value is -0.440. The van der Waals surface area contributed by atoms with Crippen LogP contribution in [0.2, 0.25) is 0 Å². The summed E-state index contributed by atoms with van der Waals surface area (Å²) in [6.45, 7) is 3.84. The number of esters is 1. The molecular formula is C7H10O2S. The molecule has 0 bridgehead atoms. The fourth-order valence-electron chi connectivity index (χ4n) is 0.585. The summed E-state index contributed by atoms with van der Waals surface area (Å²) >= 11 is 1.91. The summed E-state index contributed by atoms with van der Waals surface area (Å²) in [5, 5.41) is 0.748. The third-order valence-electron chi connectivity index (χ3n) is 1.25. The van der Waals surface area contributed by atoms with E-state index in [0.717, 1.165) is 11.7 Å². The minimum Gasteiger partial charge on any atom is -0.463 e. The van der Waals surface area contributed by atoms with E-state index in [-0.39, 0.29) is 5.97 Å². The Bertz CT molecular complexity index is 141. The Morgan fingerprint density at radius 3 is 3.10 bits per heavy atom. The topological polar surface area (TPSA) is 26.3 Å². The zero-order valence-corrected chi connectivity index (χ0v) is 6.52. The third-order valence-corrected chi connectivity index (χ3v) is 2.29. The van der Waals surface area contributed by atoms with Crippen LogP contribution in [0, 0.1) is 0 Å². The predicted molar refractivity (Wildman–Crippen MR) is 42.0 cm³/mol. The molecular weight excluding hydrogens is 148 g/mol. The highest BCUT2D eigenvalue weighted by Crippen LogP contribution is 2.32. The Kier molecular flexibility index (Phi) is 2.81. The van der Waals surface area contributed by atoms with Crippen molar-refractivity contribution in [1.29, 1.82) is 0 Å². The standard InChI is InChI=1S/C7H10O2S/c1-2-7(8)9-4-3-6-5-10-6/h2,6H,1,3-5H2. The van der Waals surface area contributed by atoms with E-state index in [1.54, 1.807) is 0 Å². The highest BCUT2D eigenvalue weighted by Gasteiger charge is 2.21. The predicted octanol–water partition coefficient (Wildman–Crippen LogP) is 1.22. The van der Waals surface area contributed by atoms with E-state index in [4.69, 9.17) is 4.74 Å². The first kappa shape index (κ1) is 7.66. The highest BCUT2D eigenvalue weighted by atomic mass is 32.2. The summed E-state index contributed by atoms with van der Waals surface area (Å²) in [6.07, 6.45) is 2.18. The maximum atomic E-state index is 10.5. The van der Waals surface area contributed by atoms with Gasteiger partial charge < -0.3 is 4.74 Å². The quantitative estimate of drug-likeness (QED) is 0.349. The van der Waals surface area contributed by atoms with Gasteiger partial charge in [0.1, 0.15) is 0 Å². The molecule has 1 aliphatic heterocycles. The monoisotopic (exact) mass is 158 g/mol. The summed E-state index contributed by atoms with van der Waals surface area (Å²) in [5.41, 5.74) is 0. The van der Waals surface area contributed by atoms with Crippen molar-refractivity contribution in [3.05, 3.63) is 12.7 Å². The summed E-state index contributed by atoms with van der Waals surface area (Å²) in [4.78, 5) is 10.5. The molecule has 0 N–H and O–H groups in total. The number of hydrogen-bond donors (Lipinski definition) is 0. The van der Waals surface area contributed by atoms with Crippen molar-refractivity contribution in [2.45, 2.75) is 11.7 Å². The van der Waals surface area contributed by atoms with Crippen LogP contribution in [0.3, 0.4) is 0 Å².